The topological polar surface area (TPSA) is 56.2 Å². The van der Waals surface area contributed by atoms with Gasteiger partial charge in [0.15, 0.2) is 10.8 Å². The molecule has 0 fully saturated rings. The standard InChI is InChI=1S/C14H13FN4S/c1-9(16)13-10(15)5-4-6-11(13)20-14-18-17-12-7-2-3-8-19(12)14/h2-9H,16H2,1H3/t9-/m0/s1. The Kier molecular flexibility index (Phi) is 3.42. The van der Waals surface area contributed by atoms with Gasteiger partial charge in [-0.1, -0.05) is 12.1 Å². The zero-order chi connectivity index (χ0) is 14.1. The van der Waals surface area contributed by atoms with E-state index in [1.165, 1.54) is 17.8 Å². The van der Waals surface area contributed by atoms with Gasteiger partial charge in [0.1, 0.15) is 5.82 Å². The fourth-order valence-electron chi connectivity index (χ4n) is 2.04. The molecular weight excluding hydrogens is 275 g/mol. The molecule has 2 heterocycles. The van der Waals surface area contributed by atoms with Crippen molar-refractivity contribution in [2.45, 2.75) is 23.0 Å². The first-order valence-electron chi connectivity index (χ1n) is 6.18. The van der Waals surface area contributed by atoms with Crippen LogP contribution in [-0.2, 0) is 0 Å². The SMILES string of the molecule is C[C@H](N)c1c(F)cccc1Sc1nnc2ccccn12. The Morgan fingerprint density at radius 1 is 1.20 bits per heavy atom. The molecule has 102 valence electrons. The maximum atomic E-state index is 13.9. The first-order chi connectivity index (χ1) is 9.66. The van der Waals surface area contributed by atoms with E-state index in [0.717, 1.165) is 10.5 Å². The van der Waals surface area contributed by atoms with Crippen LogP contribution in [0.2, 0.25) is 0 Å². The average Bonchev–Trinajstić information content (AvgIpc) is 2.82. The largest absolute Gasteiger partial charge is 0.324 e. The van der Waals surface area contributed by atoms with E-state index >= 15 is 0 Å². The molecule has 0 radical (unpaired) electrons. The molecule has 0 amide bonds. The second kappa shape index (κ2) is 5.22. The third kappa shape index (κ3) is 2.28. The molecule has 1 aromatic carbocycles. The zero-order valence-corrected chi connectivity index (χ0v) is 11.6. The average molecular weight is 288 g/mol. The summed E-state index contributed by atoms with van der Waals surface area (Å²) in [5.41, 5.74) is 7.12. The van der Waals surface area contributed by atoms with Crippen LogP contribution in [0, 0.1) is 5.82 Å². The predicted molar refractivity (Wildman–Crippen MR) is 76.1 cm³/mol. The van der Waals surface area contributed by atoms with Crippen molar-refractivity contribution in [3.05, 3.63) is 54.0 Å². The van der Waals surface area contributed by atoms with Crippen molar-refractivity contribution in [3.63, 3.8) is 0 Å². The van der Waals surface area contributed by atoms with Gasteiger partial charge in [0.25, 0.3) is 0 Å². The van der Waals surface area contributed by atoms with E-state index in [1.54, 1.807) is 13.0 Å². The van der Waals surface area contributed by atoms with Gasteiger partial charge in [0.05, 0.1) is 0 Å². The zero-order valence-electron chi connectivity index (χ0n) is 10.8. The predicted octanol–water partition coefficient (Wildman–Crippen LogP) is 3.04. The molecule has 0 aliphatic heterocycles. The highest BCUT2D eigenvalue weighted by Gasteiger charge is 2.15. The minimum Gasteiger partial charge on any atom is -0.324 e. The molecule has 0 aliphatic carbocycles. The van der Waals surface area contributed by atoms with E-state index in [4.69, 9.17) is 5.73 Å². The van der Waals surface area contributed by atoms with Crippen molar-refractivity contribution in [3.8, 4) is 0 Å². The summed E-state index contributed by atoms with van der Waals surface area (Å²) < 4.78 is 15.8. The van der Waals surface area contributed by atoms with Crippen molar-refractivity contribution >= 4 is 17.4 Å². The highest BCUT2D eigenvalue weighted by Crippen LogP contribution is 2.33. The number of nitrogens with zero attached hydrogens (tertiary/aromatic N) is 3. The quantitative estimate of drug-likeness (QED) is 0.805. The van der Waals surface area contributed by atoms with Crippen LogP contribution in [0.5, 0.6) is 0 Å². The molecule has 0 unspecified atom stereocenters. The van der Waals surface area contributed by atoms with E-state index < -0.39 is 0 Å². The summed E-state index contributed by atoms with van der Waals surface area (Å²) in [7, 11) is 0. The number of pyridine rings is 1. The normalized spacial score (nSPS) is 12.8. The maximum Gasteiger partial charge on any atom is 0.200 e. The Hall–Kier alpha value is -1.92. The number of benzene rings is 1. The summed E-state index contributed by atoms with van der Waals surface area (Å²) in [6.45, 7) is 1.77. The summed E-state index contributed by atoms with van der Waals surface area (Å²) in [6, 6.07) is 10.2. The third-order valence-electron chi connectivity index (χ3n) is 2.95. The van der Waals surface area contributed by atoms with Crippen molar-refractivity contribution in [2.24, 2.45) is 5.73 Å². The van der Waals surface area contributed by atoms with Crippen LogP contribution in [-0.4, -0.2) is 14.6 Å². The Bertz CT molecular complexity index is 754. The Labute approximate surface area is 119 Å². The van der Waals surface area contributed by atoms with E-state index in [2.05, 4.69) is 10.2 Å². The second-order valence-corrected chi connectivity index (χ2v) is 5.46. The van der Waals surface area contributed by atoms with Crippen LogP contribution in [0.4, 0.5) is 4.39 Å². The highest BCUT2D eigenvalue weighted by molar-refractivity contribution is 7.99. The molecule has 3 rings (SSSR count). The molecule has 6 heteroatoms. The summed E-state index contributed by atoms with van der Waals surface area (Å²) in [5, 5.41) is 8.90. The van der Waals surface area contributed by atoms with Crippen molar-refractivity contribution in [2.75, 3.05) is 0 Å². The first-order valence-corrected chi connectivity index (χ1v) is 7.00. The molecule has 0 spiro atoms. The summed E-state index contributed by atoms with van der Waals surface area (Å²) in [5.74, 6) is -0.293. The molecule has 20 heavy (non-hydrogen) atoms. The van der Waals surface area contributed by atoms with Gasteiger partial charge >= 0.3 is 0 Å². The molecule has 2 aromatic heterocycles. The minimum atomic E-state index is -0.377. The Morgan fingerprint density at radius 3 is 2.85 bits per heavy atom. The molecule has 0 saturated heterocycles. The van der Waals surface area contributed by atoms with Gasteiger partial charge < -0.3 is 5.73 Å². The van der Waals surface area contributed by atoms with Crippen molar-refractivity contribution in [1.29, 1.82) is 0 Å². The summed E-state index contributed by atoms with van der Waals surface area (Å²) >= 11 is 1.36. The van der Waals surface area contributed by atoms with Gasteiger partial charge in [-0.3, -0.25) is 4.40 Å². The van der Waals surface area contributed by atoms with Crippen molar-refractivity contribution < 1.29 is 4.39 Å². The summed E-state index contributed by atoms with van der Waals surface area (Å²) in [4.78, 5) is 0.762. The lowest BCUT2D eigenvalue weighted by Crippen LogP contribution is -2.09. The molecule has 3 aromatic rings. The Balaban J connectivity index is 2.05. The van der Waals surface area contributed by atoms with Gasteiger partial charge in [-0.05, 0) is 43.0 Å². The fourth-order valence-corrected chi connectivity index (χ4v) is 3.11. The van der Waals surface area contributed by atoms with E-state index in [0.29, 0.717) is 10.7 Å². The Morgan fingerprint density at radius 2 is 2.05 bits per heavy atom. The maximum absolute atomic E-state index is 13.9. The molecule has 0 saturated carbocycles. The number of aromatic nitrogens is 3. The van der Waals surface area contributed by atoms with E-state index in [-0.39, 0.29) is 11.9 Å². The van der Waals surface area contributed by atoms with Gasteiger partial charge in [-0.2, -0.15) is 0 Å². The second-order valence-electron chi connectivity index (χ2n) is 4.45. The number of rotatable bonds is 3. The monoisotopic (exact) mass is 288 g/mol. The molecule has 0 aliphatic rings. The van der Waals surface area contributed by atoms with Gasteiger partial charge in [-0.15, -0.1) is 10.2 Å². The number of hydrogen-bond acceptors (Lipinski definition) is 4. The number of halogens is 1. The van der Waals surface area contributed by atoms with Crippen LogP contribution in [0.1, 0.15) is 18.5 Å². The van der Waals surface area contributed by atoms with Crippen LogP contribution in [0.25, 0.3) is 5.65 Å². The number of nitrogens with two attached hydrogens (primary N) is 1. The summed E-state index contributed by atoms with van der Waals surface area (Å²) in [6.07, 6.45) is 1.88. The third-order valence-corrected chi connectivity index (χ3v) is 3.99. The first kappa shape index (κ1) is 13.1. The lowest BCUT2D eigenvalue weighted by molar-refractivity contribution is 0.585. The molecular formula is C14H13FN4S. The van der Waals surface area contributed by atoms with Crippen LogP contribution in [0.15, 0.2) is 52.6 Å². The van der Waals surface area contributed by atoms with Gasteiger partial charge in [-0.25, -0.2) is 4.39 Å². The minimum absolute atomic E-state index is 0.293. The van der Waals surface area contributed by atoms with E-state index in [9.17, 15) is 4.39 Å². The van der Waals surface area contributed by atoms with Crippen LogP contribution in [0.3, 0.4) is 0 Å². The lowest BCUT2D eigenvalue weighted by Gasteiger charge is -2.12. The number of hydrogen-bond donors (Lipinski definition) is 1. The van der Waals surface area contributed by atoms with Crippen LogP contribution < -0.4 is 5.73 Å². The molecule has 2 N–H and O–H groups in total. The van der Waals surface area contributed by atoms with Crippen LogP contribution >= 0.6 is 11.8 Å². The smallest absolute Gasteiger partial charge is 0.200 e. The van der Waals surface area contributed by atoms with Gasteiger partial charge in [0.2, 0.25) is 0 Å². The molecule has 4 nitrogen and oxygen atoms in total. The molecule has 1 atom stereocenters. The molecule has 0 bridgehead atoms. The van der Waals surface area contributed by atoms with E-state index in [1.807, 2.05) is 34.9 Å². The highest BCUT2D eigenvalue weighted by atomic mass is 32.2. The lowest BCUT2D eigenvalue weighted by atomic mass is 10.1. The van der Waals surface area contributed by atoms with Crippen molar-refractivity contribution in [1.82, 2.24) is 14.6 Å². The van der Waals surface area contributed by atoms with Gasteiger partial charge in [0, 0.05) is 22.7 Å². The fraction of sp³-hybridized carbons (Fsp3) is 0.143. The number of fused-ring (bicyclic) bond motifs is 1.